The van der Waals surface area contributed by atoms with Crippen molar-refractivity contribution >= 4 is 17.4 Å². The summed E-state index contributed by atoms with van der Waals surface area (Å²) in [5.41, 5.74) is 3.64. The third-order valence-corrected chi connectivity index (χ3v) is 6.57. The van der Waals surface area contributed by atoms with Crippen LogP contribution >= 0.6 is 0 Å². The zero-order valence-electron chi connectivity index (χ0n) is 19.3. The van der Waals surface area contributed by atoms with E-state index in [1.807, 2.05) is 67.4 Å². The first-order valence-corrected chi connectivity index (χ1v) is 11.1. The maximum Gasteiger partial charge on any atom is 0.278 e. The number of carbonyl (C=O) groups excluding carboxylic acids is 2. The molecule has 0 atom stereocenters. The van der Waals surface area contributed by atoms with Crippen molar-refractivity contribution in [2.75, 3.05) is 34.3 Å². The molecule has 6 heteroatoms. The first-order chi connectivity index (χ1) is 15.4. The number of amides is 2. The maximum absolute atomic E-state index is 13.7. The Morgan fingerprint density at radius 1 is 1.00 bits per heavy atom. The van der Waals surface area contributed by atoms with E-state index in [4.69, 9.17) is 4.74 Å². The van der Waals surface area contributed by atoms with E-state index in [2.05, 4.69) is 11.9 Å². The van der Waals surface area contributed by atoms with Crippen LogP contribution in [-0.4, -0.2) is 66.9 Å². The molecule has 0 radical (unpaired) electrons. The van der Waals surface area contributed by atoms with Gasteiger partial charge in [-0.3, -0.25) is 14.5 Å². The summed E-state index contributed by atoms with van der Waals surface area (Å²) in [5.74, 6) is 0.0860. The van der Waals surface area contributed by atoms with Crippen molar-refractivity contribution in [2.45, 2.75) is 32.4 Å². The molecule has 0 N–H and O–H groups in total. The minimum Gasteiger partial charge on any atom is -0.496 e. The van der Waals surface area contributed by atoms with Crippen LogP contribution in [-0.2, 0) is 16.1 Å². The number of aryl methyl sites for hydroxylation is 1. The van der Waals surface area contributed by atoms with Crippen LogP contribution in [0.1, 0.15) is 29.5 Å². The fourth-order valence-electron chi connectivity index (χ4n) is 4.57. The van der Waals surface area contributed by atoms with E-state index in [1.165, 1.54) is 4.90 Å². The number of hydrogen-bond acceptors (Lipinski definition) is 5. The molecule has 2 aromatic rings. The number of piperidine rings is 1. The molecule has 168 valence electrons. The molecule has 0 aromatic heterocycles. The molecule has 0 saturated carbocycles. The largest absolute Gasteiger partial charge is 0.496 e. The number of nitrogens with zero attached hydrogens (tertiary/aromatic N) is 3. The number of ether oxygens (including phenoxy) is 1. The van der Waals surface area contributed by atoms with Crippen LogP contribution in [0.2, 0.25) is 0 Å². The van der Waals surface area contributed by atoms with Crippen LogP contribution < -0.4 is 4.74 Å². The Labute approximate surface area is 190 Å². The predicted octanol–water partition coefficient (Wildman–Crippen LogP) is 3.31. The Kier molecular flexibility index (Phi) is 6.33. The van der Waals surface area contributed by atoms with Crippen LogP contribution in [0, 0.1) is 6.92 Å². The summed E-state index contributed by atoms with van der Waals surface area (Å²) < 4.78 is 5.55. The normalized spacial score (nSPS) is 17.9. The lowest BCUT2D eigenvalue weighted by atomic mass is 9.99. The van der Waals surface area contributed by atoms with Gasteiger partial charge in [0, 0.05) is 18.7 Å². The molecular weight excluding hydrogens is 402 g/mol. The zero-order valence-corrected chi connectivity index (χ0v) is 19.3. The highest BCUT2D eigenvalue weighted by molar-refractivity contribution is 6.35. The second-order valence-electron chi connectivity index (χ2n) is 8.75. The van der Waals surface area contributed by atoms with E-state index >= 15 is 0 Å². The molecule has 0 unspecified atom stereocenters. The third kappa shape index (κ3) is 4.15. The number of benzene rings is 2. The summed E-state index contributed by atoms with van der Waals surface area (Å²) in [7, 11) is 5.65. The van der Waals surface area contributed by atoms with E-state index in [0.29, 0.717) is 22.6 Å². The van der Waals surface area contributed by atoms with Crippen molar-refractivity contribution < 1.29 is 14.3 Å². The zero-order chi connectivity index (χ0) is 22.8. The van der Waals surface area contributed by atoms with Gasteiger partial charge in [-0.1, -0.05) is 48.0 Å². The summed E-state index contributed by atoms with van der Waals surface area (Å²) in [6.45, 7) is 4.22. The van der Waals surface area contributed by atoms with Gasteiger partial charge in [-0.25, -0.2) is 0 Å². The number of hydrogen-bond donors (Lipinski definition) is 0. The molecule has 1 saturated heterocycles. The van der Waals surface area contributed by atoms with E-state index in [1.54, 1.807) is 7.11 Å². The smallest absolute Gasteiger partial charge is 0.278 e. The predicted molar refractivity (Wildman–Crippen MR) is 125 cm³/mol. The van der Waals surface area contributed by atoms with E-state index in [-0.39, 0.29) is 24.4 Å². The van der Waals surface area contributed by atoms with Crippen molar-refractivity contribution in [3.8, 4) is 5.75 Å². The van der Waals surface area contributed by atoms with E-state index < -0.39 is 0 Å². The lowest BCUT2D eigenvalue weighted by Crippen LogP contribution is -2.43. The van der Waals surface area contributed by atoms with Crippen molar-refractivity contribution in [3.05, 3.63) is 70.9 Å². The minimum atomic E-state index is -0.269. The number of imide groups is 1. The lowest BCUT2D eigenvalue weighted by molar-refractivity contribution is -0.138. The van der Waals surface area contributed by atoms with E-state index in [0.717, 1.165) is 37.1 Å². The molecule has 2 aliphatic heterocycles. The average Bonchev–Trinajstić information content (AvgIpc) is 3.05. The maximum atomic E-state index is 13.7. The van der Waals surface area contributed by atoms with Gasteiger partial charge in [-0.2, -0.15) is 0 Å². The third-order valence-electron chi connectivity index (χ3n) is 6.57. The first-order valence-electron chi connectivity index (χ1n) is 11.1. The van der Waals surface area contributed by atoms with Crippen LogP contribution in [0.25, 0.3) is 5.57 Å². The Morgan fingerprint density at radius 3 is 2.31 bits per heavy atom. The summed E-state index contributed by atoms with van der Waals surface area (Å²) in [4.78, 5) is 33.0. The van der Waals surface area contributed by atoms with Gasteiger partial charge < -0.3 is 14.5 Å². The van der Waals surface area contributed by atoms with Crippen molar-refractivity contribution in [1.29, 1.82) is 0 Å². The fraction of sp³-hybridized carbons (Fsp3) is 0.385. The molecule has 4 rings (SSSR count). The molecule has 0 bridgehead atoms. The van der Waals surface area contributed by atoms with Gasteiger partial charge in [-0.15, -0.1) is 0 Å². The van der Waals surface area contributed by atoms with Gasteiger partial charge in [-0.05, 0) is 51.5 Å². The molecule has 2 aliphatic rings. The number of methoxy groups -OCH3 is 1. The average molecular weight is 434 g/mol. The van der Waals surface area contributed by atoms with Gasteiger partial charge in [0.25, 0.3) is 11.8 Å². The number of likely N-dealkylation sites (N-methyl/N-ethyl adjacent to an activating group) is 1. The number of rotatable bonds is 6. The molecule has 1 fully saturated rings. The van der Waals surface area contributed by atoms with Crippen molar-refractivity contribution in [2.24, 2.45) is 0 Å². The van der Waals surface area contributed by atoms with Crippen LogP contribution in [0.5, 0.6) is 5.75 Å². The number of para-hydroxylation sites is 1. The Balaban J connectivity index is 1.74. The highest BCUT2D eigenvalue weighted by Gasteiger charge is 2.43. The minimum absolute atomic E-state index is 0.210. The molecule has 0 aliphatic carbocycles. The topological polar surface area (TPSA) is 53.1 Å². The summed E-state index contributed by atoms with van der Waals surface area (Å²) >= 11 is 0. The van der Waals surface area contributed by atoms with Gasteiger partial charge in [0.1, 0.15) is 11.4 Å². The van der Waals surface area contributed by atoms with Gasteiger partial charge in [0.2, 0.25) is 0 Å². The van der Waals surface area contributed by atoms with Crippen molar-refractivity contribution in [3.63, 3.8) is 0 Å². The second kappa shape index (κ2) is 9.17. The van der Waals surface area contributed by atoms with Gasteiger partial charge in [0.05, 0.1) is 19.2 Å². The first kappa shape index (κ1) is 22.1. The fourth-order valence-corrected chi connectivity index (χ4v) is 4.57. The number of carbonyl (C=O) groups is 2. The molecule has 2 heterocycles. The van der Waals surface area contributed by atoms with Gasteiger partial charge in [0.15, 0.2) is 0 Å². The summed E-state index contributed by atoms with van der Waals surface area (Å²) in [5, 5.41) is 0. The molecule has 2 aromatic carbocycles. The summed E-state index contributed by atoms with van der Waals surface area (Å²) in [6.07, 6.45) is 1.91. The van der Waals surface area contributed by atoms with Gasteiger partial charge >= 0.3 is 0 Å². The molecule has 0 spiro atoms. The van der Waals surface area contributed by atoms with E-state index in [9.17, 15) is 9.59 Å². The second-order valence-corrected chi connectivity index (χ2v) is 8.75. The van der Waals surface area contributed by atoms with Crippen LogP contribution in [0.3, 0.4) is 0 Å². The Morgan fingerprint density at radius 2 is 1.66 bits per heavy atom. The molecule has 2 amide bonds. The SMILES string of the molecule is COc1ccccc1C1=C(N(C)C2CCN(C)CC2)C(=O)N(Cc2ccc(C)cc2)C1=O. The highest BCUT2D eigenvalue weighted by atomic mass is 16.5. The standard InChI is InChI=1S/C26H31N3O3/c1-18-9-11-19(12-10-18)17-29-25(30)23(21-7-5-6-8-22(21)32-4)24(26(29)31)28(3)20-13-15-27(2)16-14-20/h5-12,20H,13-17H2,1-4H3. The Hall–Kier alpha value is -3.12. The molecule has 32 heavy (non-hydrogen) atoms. The monoisotopic (exact) mass is 433 g/mol. The summed E-state index contributed by atoms with van der Waals surface area (Å²) in [6, 6.07) is 15.6. The quantitative estimate of drug-likeness (QED) is 0.655. The van der Waals surface area contributed by atoms with Crippen LogP contribution in [0.4, 0.5) is 0 Å². The van der Waals surface area contributed by atoms with Crippen molar-refractivity contribution in [1.82, 2.24) is 14.7 Å². The van der Waals surface area contributed by atoms with Crippen LogP contribution in [0.15, 0.2) is 54.2 Å². The lowest BCUT2D eigenvalue weighted by Gasteiger charge is -2.36. The molecule has 6 nitrogen and oxygen atoms in total. The Bertz CT molecular complexity index is 1040. The number of likely N-dealkylation sites (tertiary alicyclic amines) is 1. The highest BCUT2D eigenvalue weighted by Crippen LogP contribution is 2.37. The molecular formula is C26H31N3O3.